The Morgan fingerprint density at radius 1 is 0.930 bits per heavy atom. The van der Waals surface area contributed by atoms with Crippen LogP contribution in [0.1, 0.15) is 44.6 Å². The smallest absolute Gasteiger partial charge is 0.264 e. The minimum atomic E-state index is -4.24. The molecule has 0 heterocycles. The Morgan fingerprint density at radius 2 is 1.58 bits per heavy atom. The highest BCUT2D eigenvalue weighted by atomic mass is 35.5. The molecule has 3 aromatic rings. The lowest BCUT2D eigenvalue weighted by Crippen LogP contribution is -2.53. The first-order chi connectivity index (χ1) is 20.5. The van der Waals surface area contributed by atoms with Gasteiger partial charge in [0.15, 0.2) is 0 Å². The lowest BCUT2D eigenvalue weighted by atomic mass is 9.95. The van der Waals surface area contributed by atoms with Crippen LogP contribution in [0.5, 0.6) is 5.75 Å². The van der Waals surface area contributed by atoms with E-state index in [2.05, 4.69) is 5.32 Å². The fraction of sp³-hybridized carbons (Fsp3) is 0.355. The molecule has 1 saturated carbocycles. The number of ether oxygens (including phenoxy) is 1. The van der Waals surface area contributed by atoms with Gasteiger partial charge in [-0.15, -0.1) is 0 Å². The molecule has 1 aliphatic rings. The molecule has 0 radical (unpaired) electrons. The molecule has 0 unspecified atom stereocenters. The maximum Gasteiger partial charge on any atom is 0.264 e. The van der Waals surface area contributed by atoms with E-state index in [1.807, 2.05) is 0 Å². The Labute approximate surface area is 267 Å². The Hall–Kier alpha value is -2.98. The molecule has 0 spiro atoms. The van der Waals surface area contributed by atoms with Gasteiger partial charge in [0.1, 0.15) is 18.3 Å². The van der Waals surface area contributed by atoms with Crippen molar-refractivity contribution in [1.82, 2.24) is 10.2 Å². The fourth-order valence-corrected chi connectivity index (χ4v) is 7.26. The predicted molar refractivity (Wildman–Crippen MR) is 170 cm³/mol. The Bertz CT molecular complexity index is 1530. The molecular weight excluding hydrogens is 633 g/mol. The fourth-order valence-electron chi connectivity index (χ4n) is 5.06. The number of nitrogens with zero attached hydrogens (tertiary/aromatic N) is 2. The van der Waals surface area contributed by atoms with Gasteiger partial charge in [-0.25, -0.2) is 8.42 Å². The highest BCUT2D eigenvalue weighted by Gasteiger charge is 2.34. The summed E-state index contributed by atoms with van der Waals surface area (Å²) in [7, 11) is -2.80. The van der Waals surface area contributed by atoms with Gasteiger partial charge in [-0.05, 0) is 62.2 Å². The first kappa shape index (κ1) is 32.9. The summed E-state index contributed by atoms with van der Waals surface area (Å²) in [6, 6.07) is 16.2. The summed E-state index contributed by atoms with van der Waals surface area (Å²) >= 11 is 19.3. The molecule has 1 atom stereocenters. The number of benzene rings is 3. The molecule has 4 rings (SSSR count). The number of hydrogen-bond donors (Lipinski definition) is 1. The van der Waals surface area contributed by atoms with Crippen LogP contribution in [0.25, 0.3) is 0 Å². The van der Waals surface area contributed by atoms with Crippen molar-refractivity contribution in [3.63, 3.8) is 0 Å². The van der Waals surface area contributed by atoms with E-state index in [0.717, 1.165) is 36.4 Å². The van der Waals surface area contributed by atoms with Crippen LogP contribution in [-0.2, 0) is 26.2 Å². The molecule has 12 heteroatoms. The van der Waals surface area contributed by atoms with E-state index in [0.29, 0.717) is 21.4 Å². The second-order valence-electron chi connectivity index (χ2n) is 10.4. The van der Waals surface area contributed by atoms with Crippen molar-refractivity contribution in [2.45, 2.75) is 62.6 Å². The third kappa shape index (κ3) is 7.95. The molecule has 0 aromatic heterocycles. The Balaban J connectivity index is 1.72. The molecular formula is C31H34Cl3N3O5S. The number of halogens is 3. The van der Waals surface area contributed by atoms with Crippen LogP contribution in [0, 0.1) is 0 Å². The number of anilines is 1. The number of sulfonamides is 1. The number of rotatable bonds is 11. The number of carbonyl (C=O) groups excluding carboxylic acids is 2. The van der Waals surface area contributed by atoms with Crippen molar-refractivity contribution in [3.8, 4) is 5.75 Å². The molecule has 0 aliphatic heterocycles. The van der Waals surface area contributed by atoms with Crippen molar-refractivity contribution in [3.05, 3.63) is 87.4 Å². The molecule has 1 fully saturated rings. The molecule has 0 saturated heterocycles. The van der Waals surface area contributed by atoms with Gasteiger partial charge >= 0.3 is 0 Å². The van der Waals surface area contributed by atoms with Crippen molar-refractivity contribution in [2.24, 2.45) is 0 Å². The minimum absolute atomic E-state index is 0.0148. The van der Waals surface area contributed by atoms with Gasteiger partial charge < -0.3 is 15.0 Å². The molecule has 2 amide bonds. The van der Waals surface area contributed by atoms with Crippen LogP contribution >= 0.6 is 34.8 Å². The van der Waals surface area contributed by atoms with Crippen molar-refractivity contribution in [2.75, 3.05) is 18.0 Å². The summed E-state index contributed by atoms with van der Waals surface area (Å²) in [5, 5.41) is 3.88. The first-order valence-corrected chi connectivity index (χ1v) is 16.5. The molecule has 230 valence electrons. The molecule has 1 N–H and O–H groups in total. The van der Waals surface area contributed by atoms with E-state index in [1.165, 1.54) is 42.3 Å². The average molecular weight is 667 g/mol. The highest BCUT2D eigenvalue weighted by Crippen LogP contribution is 2.33. The van der Waals surface area contributed by atoms with Gasteiger partial charge in [0.2, 0.25) is 11.8 Å². The Kier molecular flexibility index (Phi) is 11.2. The first-order valence-electron chi connectivity index (χ1n) is 14.0. The van der Waals surface area contributed by atoms with Gasteiger partial charge in [-0.1, -0.05) is 78.3 Å². The average Bonchev–Trinajstić information content (AvgIpc) is 3.00. The van der Waals surface area contributed by atoms with Gasteiger partial charge in [-0.3, -0.25) is 13.9 Å². The van der Waals surface area contributed by atoms with E-state index in [-0.39, 0.29) is 34.1 Å². The monoisotopic (exact) mass is 665 g/mol. The third-order valence-electron chi connectivity index (χ3n) is 7.54. The van der Waals surface area contributed by atoms with Crippen molar-refractivity contribution < 1.29 is 22.7 Å². The quantitative estimate of drug-likeness (QED) is 0.245. The SMILES string of the molecule is COc1ccc(N(CC(=O)N(Cc2c(Cl)cccc2Cl)[C@@H](C)C(=O)NC2CCCCC2)S(=O)(=O)c2ccccc2)cc1Cl. The molecule has 8 nitrogen and oxygen atoms in total. The summed E-state index contributed by atoms with van der Waals surface area (Å²) < 4.78 is 34.1. The number of methoxy groups -OCH3 is 1. The predicted octanol–water partition coefficient (Wildman–Crippen LogP) is 6.72. The van der Waals surface area contributed by atoms with Crippen LogP contribution in [0.15, 0.2) is 71.6 Å². The highest BCUT2D eigenvalue weighted by molar-refractivity contribution is 7.92. The van der Waals surface area contributed by atoms with E-state index >= 15 is 0 Å². The van der Waals surface area contributed by atoms with E-state index in [9.17, 15) is 18.0 Å². The molecule has 0 bridgehead atoms. The van der Waals surface area contributed by atoms with Gasteiger partial charge in [-0.2, -0.15) is 0 Å². The Morgan fingerprint density at radius 3 is 2.19 bits per heavy atom. The number of nitrogens with one attached hydrogen (secondary N) is 1. The maximum atomic E-state index is 14.2. The maximum absolute atomic E-state index is 14.2. The summed E-state index contributed by atoms with van der Waals surface area (Å²) in [5.74, 6) is -0.626. The second kappa shape index (κ2) is 14.7. The topological polar surface area (TPSA) is 96.0 Å². The minimum Gasteiger partial charge on any atom is -0.495 e. The number of hydrogen-bond acceptors (Lipinski definition) is 5. The van der Waals surface area contributed by atoms with Crippen molar-refractivity contribution in [1.29, 1.82) is 0 Å². The van der Waals surface area contributed by atoms with E-state index in [1.54, 1.807) is 43.3 Å². The van der Waals surface area contributed by atoms with Crippen LogP contribution < -0.4 is 14.4 Å². The van der Waals surface area contributed by atoms with Gasteiger partial charge in [0.05, 0.1) is 22.7 Å². The van der Waals surface area contributed by atoms with Crippen LogP contribution in [0.2, 0.25) is 15.1 Å². The summed E-state index contributed by atoms with van der Waals surface area (Å²) in [5.41, 5.74) is 0.597. The zero-order valence-corrected chi connectivity index (χ0v) is 27.0. The zero-order chi connectivity index (χ0) is 31.1. The summed E-state index contributed by atoms with van der Waals surface area (Å²) in [4.78, 5) is 28.9. The van der Waals surface area contributed by atoms with Crippen molar-refractivity contribution >= 4 is 62.3 Å². The van der Waals surface area contributed by atoms with Crippen LogP contribution in [-0.4, -0.2) is 50.9 Å². The molecule has 3 aromatic carbocycles. The normalized spacial score (nSPS) is 14.5. The summed E-state index contributed by atoms with van der Waals surface area (Å²) in [6.07, 6.45) is 4.90. The standard InChI is InChI=1S/C31H34Cl3N3O5S/c1-21(31(39)35-22-10-5-3-6-11-22)36(19-25-26(32)14-9-15-27(25)33)30(38)20-37(23-16-17-29(42-2)28(34)18-23)43(40,41)24-12-7-4-8-13-24/h4,7-9,12-18,21-22H,3,5-6,10-11,19-20H2,1-2H3,(H,35,39)/t21-/m0/s1. The van der Waals surface area contributed by atoms with Crippen LogP contribution in [0.3, 0.4) is 0 Å². The number of carbonyl (C=O) groups is 2. The van der Waals surface area contributed by atoms with Crippen LogP contribution in [0.4, 0.5) is 5.69 Å². The largest absolute Gasteiger partial charge is 0.495 e. The van der Waals surface area contributed by atoms with Gasteiger partial charge in [0, 0.05) is 28.2 Å². The lowest BCUT2D eigenvalue weighted by Gasteiger charge is -2.33. The molecule has 43 heavy (non-hydrogen) atoms. The van der Waals surface area contributed by atoms with E-state index < -0.39 is 28.5 Å². The van der Waals surface area contributed by atoms with E-state index in [4.69, 9.17) is 39.5 Å². The van der Waals surface area contributed by atoms with Gasteiger partial charge in [0.25, 0.3) is 10.0 Å². The number of amides is 2. The summed E-state index contributed by atoms with van der Waals surface area (Å²) in [6.45, 7) is 0.878. The molecule has 1 aliphatic carbocycles. The second-order valence-corrected chi connectivity index (χ2v) is 13.5. The lowest BCUT2D eigenvalue weighted by molar-refractivity contribution is -0.139. The third-order valence-corrected chi connectivity index (χ3v) is 10.3. The zero-order valence-electron chi connectivity index (χ0n) is 23.9.